The third-order valence-corrected chi connectivity index (χ3v) is 16.6. The van der Waals surface area contributed by atoms with Crippen LogP contribution < -0.4 is 0 Å². The van der Waals surface area contributed by atoms with Crippen molar-refractivity contribution in [2.24, 2.45) is 29.6 Å². The molecule has 9 unspecified atom stereocenters. The molecule has 7 aliphatic carbocycles. The average Bonchev–Trinajstić information content (AvgIpc) is 3.99. The van der Waals surface area contributed by atoms with Crippen LogP contribution in [0.4, 0.5) is 0 Å². The Bertz CT molecular complexity index is 1630. The lowest BCUT2D eigenvalue weighted by molar-refractivity contribution is 0.460. The normalized spacial score (nSPS) is 35.1. The zero-order valence-corrected chi connectivity index (χ0v) is 33.8. The highest BCUT2D eigenvalue weighted by molar-refractivity contribution is 5.91. The summed E-state index contributed by atoms with van der Waals surface area (Å²) in [6.07, 6.45) is 33.8. The van der Waals surface area contributed by atoms with Crippen molar-refractivity contribution >= 4 is 11.6 Å². The Morgan fingerprint density at radius 2 is 1.33 bits per heavy atom. The second kappa shape index (κ2) is 15.2. The molecular formula is C52H72. The van der Waals surface area contributed by atoms with Gasteiger partial charge in [0.25, 0.3) is 0 Å². The van der Waals surface area contributed by atoms with Gasteiger partial charge in [0.15, 0.2) is 0 Å². The fraction of sp³-hybridized carbons (Fsp3) is 0.692. The number of benzene rings is 2. The molecule has 0 heterocycles. The summed E-state index contributed by atoms with van der Waals surface area (Å²) >= 11 is 0. The summed E-state index contributed by atoms with van der Waals surface area (Å²) in [4.78, 5) is 0. The minimum absolute atomic E-state index is 0.676. The highest BCUT2D eigenvalue weighted by Crippen LogP contribution is 2.59. The molecule has 0 aromatic heterocycles. The van der Waals surface area contributed by atoms with Crippen LogP contribution in [0.3, 0.4) is 0 Å². The van der Waals surface area contributed by atoms with E-state index in [1.165, 1.54) is 147 Å². The van der Waals surface area contributed by atoms with Crippen molar-refractivity contribution < 1.29 is 0 Å². The van der Waals surface area contributed by atoms with Crippen LogP contribution >= 0.6 is 0 Å². The lowest BCUT2D eigenvalue weighted by Crippen LogP contribution is -2.18. The molecular weight excluding hydrogens is 625 g/mol. The van der Waals surface area contributed by atoms with E-state index in [1.54, 1.807) is 16.7 Å². The van der Waals surface area contributed by atoms with E-state index in [4.69, 9.17) is 0 Å². The van der Waals surface area contributed by atoms with Gasteiger partial charge >= 0.3 is 0 Å². The van der Waals surface area contributed by atoms with Crippen LogP contribution in [0.25, 0.3) is 11.6 Å². The van der Waals surface area contributed by atoms with Gasteiger partial charge in [0, 0.05) is 0 Å². The first-order valence-electron chi connectivity index (χ1n) is 23.1. The highest BCUT2D eigenvalue weighted by Gasteiger charge is 2.43. The lowest BCUT2D eigenvalue weighted by Gasteiger charge is -2.34. The van der Waals surface area contributed by atoms with E-state index >= 15 is 0 Å². The van der Waals surface area contributed by atoms with Gasteiger partial charge in [-0.3, -0.25) is 0 Å². The molecule has 0 nitrogen and oxygen atoms in total. The SMILES string of the molecule is CC1CCC(c2c(C3CCCC3C)cc3c(c2C2CCC(C)C2)C(=C2CCCC2)C(=Cc2ccc(C(C)CC4CCCC4)cc2)CC2CCCC32)C1. The molecule has 52 heavy (non-hydrogen) atoms. The van der Waals surface area contributed by atoms with Crippen LogP contribution in [0.2, 0.25) is 0 Å². The van der Waals surface area contributed by atoms with E-state index in [0.717, 1.165) is 53.3 Å². The van der Waals surface area contributed by atoms with Crippen molar-refractivity contribution in [2.45, 2.75) is 199 Å². The summed E-state index contributed by atoms with van der Waals surface area (Å²) in [6, 6.07) is 13.0. The second-order valence-electron chi connectivity index (χ2n) is 20.3. The molecule has 2 aromatic rings. The van der Waals surface area contributed by atoms with Crippen molar-refractivity contribution in [3.63, 3.8) is 0 Å². The van der Waals surface area contributed by atoms with Crippen molar-refractivity contribution in [1.82, 2.24) is 0 Å². The summed E-state index contributed by atoms with van der Waals surface area (Å²) in [5.41, 5.74) is 17.9. The van der Waals surface area contributed by atoms with Crippen LogP contribution in [0.5, 0.6) is 0 Å². The average molecular weight is 697 g/mol. The summed E-state index contributed by atoms with van der Waals surface area (Å²) in [5.74, 6) is 8.07. The molecule has 280 valence electrons. The largest absolute Gasteiger partial charge is 0.0625 e. The Balaban J connectivity index is 1.23. The summed E-state index contributed by atoms with van der Waals surface area (Å²) < 4.78 is 0. The van der Waals surface area contributed by atoms with Gasteiger partial charge in [0.05, 0.1) is 0 Å². The first kappa shape index (κ1) is 35.6. The van der Waals surface area contributed by atoms with E-state index in [-0.39, 0.29) is 0 Å². The maximum Gasteiger partial charge on any atom is -0.0109 e. The van der Waals surface area contributed by atoms with E-state index < -0.39 is 0 Å². The van der Waals surface area contributed by atoms with Crippen molar-refractivity contribution in [3.05, 3.63) is 80.4 Å². The maximum absolute atomic E-state index is 2.98. The first-order valence-corrected chi connectivity index (χ1v) is 23.1. The minimum atomic E-state index is 0.676. The molecule has 9 rings (SSSR count). The zero-order valence-electron chi connectivity index (χ0n) is 33.8. The summed E-state index contributed by atoms with van der Waals surface area (Å²) in [5, 5.41) is 0. The molecule has 6 fully saturated rings. The van der Waals surface area contributed by atoms with Crippen LogP contribution in [-0.2, 0) is 0 Å². The number of fused-ring (bicyclic) bond motifs is 3. The van der Waals surface area contributed by atoms with E-state index in [9.17, 15) is 0 Å². The smallest absolute Gasteiger partial charge is 0.0109 e. The van der Waals surface area contributed by atoms with Crippen LogP contribution in [0.1, 0.15) is 237 Å². The third kappa shape index (κ3) is 6.87. The first-order chi connectivity index (χ1) is 25.4. The van der Waals surface area contributed by atoms with Crippen molar-refractivity contribution in [2.75, 3.05) is 0 Å². The monoisotopic (exact) mass is 697 g/mol. The predicted molar refractivity (Wildman–Crippen MR) is 223 cm³/mol. The fourth-order valence-corrected chi connectivity index (χ4v) is 13.9. The molecule has 0 bridgehead atoms. The molecule has 0 saturated heterocycles. The van der Waals surface area contributed by atoms with Crippen molar-refractivity contribution in [1.29, 1.82) is 0 Å². The van der Waals surface area contributed by atoms with Crippen LogP contribution in [0, 0.1) is 29.6 Å². The summed E-state index contributed by atoms with van der Waals surface area (Å²) in [6.45, 7) is 10.3. The van der Waals surface area contributed by atoms with Gasteiger partial charge in [-0.25, -0.2) is 0 Å². The van der Waals surface area contributed by atoms with Gasteiger partial charge in [-0.1, -0.05) is 127 Å². The van der Waals surface area contributed by atoms with Gasteiger partial charge in [-0.05, 0) is 193 Å². The zero-order chi connectivity index (χ0) is 35.3. The molecule has 6 saturated carbocycles. The van der Waals surface area contributed by atoms with E-state index in [2.05, 4.69) is 64.1 Å². The lowest BCUT2D eigenvalue weighted by atomic mass is 9.70. The summed E-state index contributed by atoms with van der Waals surface area (Å²) in [7, 11) is 0. The number of rotatable bonds is 7. The Labute approximate surface area is 319 Å². The number of hydrogen-bond acceptors (Lipinski definition) is 0. The van der Waals surface area contributed by atoms with Crippen LogP contribution in [0.15, 0.2) is 41.5 Å². The number of hydrogen-bond donors (Lipinski definition) is 0. The molecule has 7 aliphatic rings. The molecule has 0 spiro atoms. The number of allylic oxidation sites excluding steroid dienone is 3. The Kier molecular flexibility index (Phi) is 10.4. The van der Waals surface area contributed by atoms with Gasteiger partial charge in [0.2, 0.25) is 0 Å². The van der Waals surface area contributed by atoms with Crippen molar-refractivity contribution in [3.8, 4) is 0 Å². The van der Waals surface area contributed by atoms with Gasteiger partial charge in [-0.15, -0.1) is 0 Å². The van der Waals surface area contributed by atoms with Gasteiger partial charge in [0.1, 0.15) is 0 Å². The van der Waals surface area contributed by atoms with Crippen LogP contribution in [-0.4, -0.2) is 0 Å². The maximum atomic E-state index is 2.98. The molecule has 0 amide bonds. The fourth-order valence-electron chi connectivity index (χ4n) is 13.9. The molecule has 0 aliphatic heterocycles. The van der Waals surface area contributed by atoms with E-state index in [0.29, 0.717) is 5.92 Å². The topological polar surface area (TPSA) is 0 Å². The molecule has 0 N–H and O–H groups in total. The van der Waals surface area contributed by atoms with Gasteiger partial charge in [-0.2, -0.15) is 0 Å². The minimum Gasteiger partial charge on any atom is -0.0625 e. The standard InChI is InChI=1S/C52H72/c1-33-19-23-42(27-33)50-47(45-17-9-11-35(45)3)32-48-46-18-10-16-41(46)31-44(30-38-21-25-39(26-22-38)36(4)29-37-12-5-6-13-37)49(40-14-7-8-15-40)52(48)51(50)43-24-20-34(2)28-43/h21-22,25-26,30,32-37,41-43,45-46H,5-20,23-24,27-29,31H2,1-4H3. The molecule has 0 heteroatoms. The Hall–Kier alpha value is -2.08. The quantitative estimate of drug-likeness (QED) is 0.270. The highest BCUT2D eigenvalue weighted by atomic mass is 14.5. The predicted octanol–water partition coefficient (Wildman–Crippen LogP) is 15.8. The molecule has 0 radical (unpaired) electrons. The molecule has 2 aromatic carbocycles. The third-order valence-electron chi connectivity index (χ3n) is 16.6. The van der Waals surface area contributed by atoms with Gasteiger partial charge < -0.3 is 0 Å². The van der Waals surface area contributed by atoms with E-state index in [1.807, 2.05) is 33.4 Å². The Morgan fingerprint density at radius 3 is 1.98 bits per heavy atom. The Morgan fingerprint density at radius 1 is 0.654 bits per heavy atom. The second-order valence-corrected chi connectivity index (χ2v) is 20.3. The molecule has 9 atom stereocenters.